The van der Waals surface area contributed by atoms with Crippen molar-refractivity contribution in [2.24, 2.45) is 0 Å². The number of aliphatic hydroxyl groups is 1. The highest BCUT2D eigenvalue weighted by molar-refractivity contribution is 7.73. The molecule has 0 saturated carbocycles. The zero-order chi connectivity index (χ0) is 15.6. The topological polar surface area (TPSA) is 60.0 Å². The van der Waals surface area contributed by atoms with Crippen LogP contribution in [0.25, 0.3) is 10.3 Å². The largest absolute Gasteiger partial charge is 0.388 e. The standard InChI is InChI=1S/C14H19N3O2S2/c1-4-7-17-11-10(21-13(17)20)12(18)16(9-15-11)8-14(19,5-2)6-3/h4,9,19H,1,5-8H2,2-3H3. The Morgan fingerprint density at radius 1 is 1.52 bits per heavy atom. The van der Waals surface area contributed by atoms with Gasteiger partial charge in [-0.05, 0) is 25.1 Å². The van der Waals surface area contributed by atoms with Gasteiger partial charge < -0.3 is 9.67 Å². The van der Waals surface area contributed by atoms with Gasteiger partial charge in [0.25, 0.3) is 5.56 Å². The lowest BCUT2D eigenvalue weighted by Crippen LogP contribution is -2.37. The van der Waals surface area contributed by atoms with Crippen LogP contribution in [0.2, 0.25) is 0 Å². The van der Waals surface area contributed by atoms with Crippen molar-refractivity contribution in [1.82, 2.24) is 14.1 Å². The number of allylic oxidation sites excluding steroid dienone is 1. The molecule has 0 atom stereocenters. The molecule has 5 nitrogen and oxygen atoms in total. The lowest BCUT2D eigenvalue weighted by atomic mass is 9.97. The van der Waals surface area contributed by atoms with Crippen LogP contribution in [0.15, 0.2) is 23.8 Å². The molecule has 0 aromatic carbocycles. The van der Waals surface area contributed by atoms with Crippen molar-refractivity contribution in [1.29, 1.82) is 0 Å². The number of rotatable bonds is 6. The molecule has 2 heterocycles. The molecule has 114 valence electrons. The summed E-state index contributed by atoms with van der Waals surface area (Å²) in [5, 5.41) is 10.4. The molecule has 2 aromatic rings. The number of hydrogen-bond acceptors (Lipinski definition) is 5. The fourth-order valence-electron chi connectivity index (χ4n) is 2.17. The SMILES string of the molecule is C=CCn1c(=S)sc2c(=O)n(CC(O)(CC)CC)cnc21. The van der Waals surface area contributed by atoms with Gasteiger partial charge >= 0.3 is 0 Å². The molecule has 0 aliphatic carbocycles. The summed E-state index contributed by atoms with van der Waals surface area (Å²) in [6.07, 6.45) is 4.38. The van der Waals surface area contributed by atoms with E-state index in [4.69, 9.17) is 12.2 Å². The Bertz CT molecular complexity index is 769. The average Bonchev–Trinajstić information content (AvgIpc) is 2.80. The molecule has 0 saturated heterocycles. The van der Waals surface area contributed by atoms with Gasteiger partial charge in [0.05, 0.1) is 12.1 Å². The van der Waals surface area contributed by atoms with Crippen LogP contribution in [0.4, 0.5) is 0 Å². The Labute approximate surface area is 132 Å². The zero-order valence-electron chi connectivity index (χ0n) is 12.2. The lowest BCUT2D eigenvalue weighted by Gasteiger charge is -2.25. The minimum absolute atomic E-state index is 0.153. The average molecular weight is 325 g/mol. The molecule has 0 aliphatic heterocycles. The first-order valence-corrected chi connectivity index (χ1v) is 8.10. The summed E-state index contributed by atoms with van der Waals surface area (Å²) in [6.45, 7) is 8.28. The molecule has 2 aromatic heterocycles. The maximum absolute atomic E-state index is 12.5. The van der Waals surface area contributed by atoms with E-state index in [0.29, 0.717) is 33.7 Å². The third-order valence-corrected chi connectivity index (χ3v) is 5.16. The summed E-state index contributed by atoms with van der Waals surface area (Å²) in [6, 6.07) is 0. The third kappa shape index (κ3) is 3.00. The molecular weight excluding hydrogens is 306 g/mol. The van der Waals surface area contributed by atoms with E-state index < -0.39 is 5.60 Å². The van der Waals surface area contributed by atoms with Gasteiger partial charge in [0.1, 0.15) is 11.0 Å². The normalized spacial score (nSPS) is 12.0. The van der Waals surface area contributed by atoms with Crippen molar-refractivity contribution in [3.63, 3.8) is 0 Å². The Morgan fingerprint density at radius 3 is 2.76 bits per heavy atom. The molecule has 0 fully saturated rings. The summed E-state index contributed by atoms with van der Waals surface area (Å²) < 4.78 is 4.39. The Hall–Kier alpha value is -1.31. The molecule has 0 spiro atoms. The highest BCUT2D eigenvalue weighted by Gasteiger charge is 2.24. The predicted molar refractivity (Wildman–Crippen MR) is 88.4 cm³/mol. The summed E-state index contributed by atoms with van der Waals surface area (Å²) in [5.41, 5.74) is -0.452. The van der Waals surface area contributed by atoms with Crippen LogP contribution in [0.5, 0.6) is 0 Å². The van der Waals surface area contributed by atoms with Crippen molar-refractivity contribution >= 4 is 33.9 Å². The molecule has 0 aliphatic rings. The van der Waals surface area contributed by atoms with Gasteiger partial charge in [-0.2, -0.15) is 0 Å². The van der Waals surface area contributed by atoms with Crippen LogP contribution in [0, 0.1) is 3.95 Å². The summed E-state index contributed by atoms with van der Waals surface area (Å²) in [5.74, 6) is 0. The van der Waals surface area contributed by atoms with E-state index >= 15 is 0 Å². The smallest absolute Gasteiger partial charge is 0.273 e. The van der Waals surface area contributed by atoms with E-state index in [-0.39, 0.29) is 12.1 Å². The Kier molecular flexibility index (Phi) is 4.75. The van der Waals surface area contributed by atoms with E-state index in [1.54, 1.807) is 10.6 Å². The maximum atomic E-state index is 12.5. The van der Waals surface area contributed by atoms with Gasteiger partial charge in [-0.25, -0.2) is 4.98 Å². The fraction of sp³-hybridized carbons (Fsp3) is 0.500. The van der Waals surface area contributed by atoms with Crippen molar-refractivity contribution in [3.05, 3.63) is 33.3 Å². The minimum Gasteiger partial charge on any atom is -0.388 e. The van der Waals surface area contributed by atoms with Crippen molar-refractivity contribution in [3.8, 4) is 0 Å². The van der Waals surface area contributed by atoms with E-state index in [1.807, 2.05) is 13.8 Å². The molecule has 0 amide bonds. The van der Waals surface area contributed by atoms with Gasteiger partial charge in [-0.15, -0.1) is 6.58 Å². The second-order valence-electron chi connectivity index (χ2n) is 5.03. The molecule has 2 rings (SSSR count). The fourth-order valence-corrected chi connectivity index (χ4v) is 3.48. The van der Waals surface area contributed by atoms with Crippen LogP contribution in [-0.4, -0.2) is 24.8 Å². The molecule has 0 bridgehead atoms. The summed E-state index contributed by atoms with van der Waals surface area (Å²) in [4.78, 5) is 16.9. The first kappa shape index (κ1) is 16.1. The van der Waals surface area contributed by atoms with E-state index in [0.717, 1.165) is 0 Å². The maximum Gasteiger partial charge on any atom is 0.273 e. The van der Waals surface area contributed by atoms with Crippen LogP contribution in [0.1, 0.15) is 26.7 Å². The highest BCUT2D eigenvalue weighted by Crippen LogP contribution is 2.20. The zero-order valence-corrected chi connectivity index (χ0v) is 13.8. The number of thiazole rings is 1. The Morgan fingerprint density at radius 2 is 2.19 bits per heavy atom. The number of nitrogens with zero attached hydrogens (tertiary/aromatic N) is 3. The van der Waals surface area contributed by atoms with Gasteiger partial charge in [0.15, 0.2) is 9.60 Å². The predicted octanol–water partition coefficient (Wildman–Crippen LogP) is 2.73. The molecular formula is C14H19N3O2S2. The van der Waals surface area contributed by atoms with Crippen molar-refractivity contribution < 1.29 is 5.11 Å². The number of aromatic nitrogens is 3. The summed E-state index contributed by atoms with van der Waals surface area (Å²) >= 11 is 6.53. The third-order valence-electron chi connectivity index (χ3n) is 3.74. The van der Waals surface area contributed by atoms with Crippen LogP contribution >= 0.6 is 23.6 Å². The van der Waals surface area contributed by atoms with Gasteiger partial charge in [0, 0.05) is 6.54 Å². The second-order valence-corrected chi connectivity index (χ2v) is 6.67. The minimum atomic E-state index is -0.885. The van der Waals surface area contributed by atoms with Crippen molar-refractivity contribution in [2.45, 2.75) is 45.4 Å². The van der Waals surface area contributed by atoms with E-state index in [1.165, 1.54) is 22.2 Å². The van der Waals surface area contributed by atoms with E-state index in [2.05, 4.69) is 11.6 Å². The molecule has 1 N–H and O–H groups in total. The monoisotopic (exact) mass is 325 g/mol. The highest BCUT2D eigenvalue weighted by atomic mass is 32.1. The molecule has 0 radical (unpaired) electrons. The first-order chi connectivity index (χ1) is 9.95. The van der Waals surface area contributed by atoms with Crippen LogP contribution in [0.3, 0.4) is 0 Å². The molecule has 7 heteroatoms. The number of hydrogen-bond donors (Lipinski definition) is 1. The number of fused-ring (bicyclic) bond motifs is 1. The van der Waals surface area contributed by atoms with E-state index in [9.17, 15) is 9.90 Å². The first-order valence-electron chi connectivity index (χ1n) is 6.87. The van der Waals surface area contributed by atoms with Crippen LogP contribution in [-0.2, 0) is 13.1 Å². The lowest BCUT2D eigenvalue weighted by molar-refractivity contribution is 0.0140. The summed E-state index contributed by atoms with van der Waals surface area (Å²) in [7, 11) is 0. The second kappa shape index (κ2) is 6.21. The Balaban J connectivity index is 2.55. The van der Waals surface area contributed by atoms with Crippen molar-refractivity contribution in [2.75, 3.05) is 0 Å². The van der Waals surface area contributed by atoms with Gasteiger partial charge in [0.2, 0.25) is 0 Å². The van der Waals surface area contributed by atoms with Crippen LogP contribution < -0.4 is 5.56 Å². The molecule has 21 heavy (non-hydrogen) atoms. The molecule has 0 unspecified atom stereocenters. The quantitative estimate of drug-likeness (QED) is 0.655. The van der Waals surface area contributed by atoms with Gasteiger partial charge in [-0.1, -0.05) is 31.3 Å². The van der Waals surface area contributed by atoms with Gasteiger partial charge in [-0.3, -0.25) is 9.36 Å².